The Balaban J connectivity index is 1.89. The van der Waals surface area contributed by atoms with Crippen molar-refractivity contribution >= 4 is 5.91 Å². The molecule has 0 unspecified atom stereocenters. The molecule has 0 aromatic heterocycles. The van der Waals surface area contributed by atoms with Crippen molar-refractivity contribution in [2.45, 2.75) is 25.8 Å². The molecule has 1 aliphatic heterocycles. The summed E-state index contributed by atoms with van der Waals surface area (Å²) in [5, 5.41) is 9.07. The minimum Gasteiger partial charge on any atom is -0.370 e. The van der Waals surface area contributed by atoms with Crippen molar-refractivity contribution in [3.05, 3.63) is 35.4 Å². The third-order valence-corrected chi connectivity index (χ3v) is 3.73. The summed E-state index contributed by atoms with van der Waals surface area (Å²) in [6, 6.07) is 9.95. The molecule has 1 heterocycles. The number of nitrogens with zero attached hydrogens (tertiary/aromatic N) is 2. The molecule has 1 amide bonds. The van der Waals surface area contributed by atoms with Crippen molar-refractivity contribution in [3.8, 4) is 6.07 Å². The third-order valence-electron chi connectivity index (χ3n) is 3.73. The predicted molar refractivity (Wildman–Crippen MR) is 73.0 cm³/mol. The van der Waals surface area contributed by atoms with Gasteiger partial charge in [-0.25, -0.2) is 0 Å². The van der Waals surface area contributed by atoms with E-state index in [0.29, 0.717) is 12.3 Å². The summed E-state index contributed by atoms with van der Waals surface area (Å²) in [7, 11) is 0. The van der Waals surface area contributed by atoms with Crippen LogP contribution < -0.4 is 5.73 Å². The Morgan fingerprint density at radius 3 is 2.68 bits per heavy atom. The molecular formula is C15H19N3O. The minimum atomic E-state index is -0.201. The molecule has 0 aliphatic carbocycles. The molecule has 0 radical (unpaired) electrons. The van der Waals surface area contributed by atoms with Gasteiger partial charge in [-0.1, -0.05) is 18.2 Å². The van der Waals surface area contributed by atoms with Gasteiger partial charge in [-0.15, -0.1) is 0 Å². The summed E-state index contributed by atoms with van der Waals surface area (Å²) < 4.78 is 0. The van der Waals surface area contributed by atoms with Gasteiger partial charge >= 0.3 is 0 Å². The lowest BCUT2D eigenvalue weighted by molar-refractivity contribution is -0.119. The van der Waals surface area contributed by atoms with Crippen LogP contribution in [-0.4, -0.2) is 23.9 Å². The van der Waals surface area contributed by atoms with Crippen molar-refractivity contribution < 1.29 is 4.79 Å². The second-order valence-electron chi connectivity index (χ2n) is 5.16. The first kappa shape index (κ1) is 13.6. The van der Waals surface area contributed by atoms with Crippen LogP contribution in [0, 0.1) is 17.2 Å². The highest BCUT2D eigenvalue weighted by molar-refractivity contribution is 5.73. The Bertz CT molecular complexity index is 484. The summed E-state index contributed by atoms with van der Waals surface area (Å²) in [6.07, 6.45) is 2.53. The highest BCUT2D eigenvalue weighted by Gasteiger charge is 2.21. The second kappa shape index (κ2) is 6.35. The molecule has 4 heteroatoms. The van der Waals surface area contributed by atoms with Crippen molar-refractivity contribution in [1.29, 1.82) is 5.26 Å². The summed E-state index contributed by atoms with van der Waals surface area (Å²) >= 11 is 0. The molecule has 0 bridgehead atoms. The van der Waals surface area contributed by atoms with Crippen LogP contribution in [0.2, 0.25) is 0 Å². The monoisotopic (exact) mass is 257 g/mol. The smallest absolute Gasteiger partial charge is 0.217 e. The van der Waals surface area contributed by atoms with Crippen LogP contribution in [0.4, 0.5) is 0 Å². The second-order valence-corrected chi connectivity index (χ2v) is 5.16. The fraction of sp³-hybridized carbons (Fsp3) is 0.467. The zero-order chi connectivity index (χ0) is 13.7. The van der Waals surface area contributed by atoms with E-state index in [-0.39, 0.29) is 5.91 Å². The first-order chi connectivity index (χ1) is 9.19. The topological polar surface area (TPSA) is 70.1 Å². The van der Waals surface area contributed by atoms with Gasteiger partial charge in [0, 0.05) is 13.0 Å². The standard InChI is InChI=1S/C15H19N3O/c16-10-13-3-1-2-4-14(13)11-18-7-5-12(6-8-18)9-15(17)19/h1-4,12H,5-9,11H2,(H2,17,19). The number of carbonyl (C=O) groups is 1. The lowest BCUT2D eigenvalue weighted by Crippen LogP contribution is -2.34. The fourth-order valence-electron chi connectivity index (χ4n) is 2.64. The van der Waals surface area contributed by atoms with Crippen LogP contribution in [0.15, 0.2) is 24.3 Å². The maximum Gasteiger partial charge on any atom is 0.217 e. The Hall–Kier alpha value is -1.86. The number of nitriles is 1. The lowest BCUT2D eigenvalue weighted by atomic mass is 9.93. The SMILES string of the molecule is N#Cc1ccccc1CN1CCC(CC(N)=O)CC1. The average Bonchev–Trinajstić information content (AvgIpc) is 2.41. The van der Waals surface area contributed by atoms with Crippen LogP contribution in [0.1, 0.15) is 30.4 Å². The summed E-state index contributed by atoms with van der Waals surface area (Å²) in [5.74, 6) is 0.230. The van der Waals surface area contributed by atoms with Crippen molar-refractivity contribution in [1.82, 2.24) is 4.90 Å². The van der Waals surface area contributed by atoms with Gasteiger partial charge in [0.05, 0.1) is 11.6 Å². The highest BCUT2D eigenvalue weighted by Crippen LogP contribution is 2.22. The number of rotatable bonds is 4. The van der Waals surface area contributed by atoms with E-state index in [1.807, 2.05) is 24.3 Å². The Labute approximate surface area is 113 Å². The molecule has 1 aromatic carbocycles. The van der Waals surface area contributed by atoms with E-state index < -0.39 is 0 Å². The number of hydrogen-bond acceptors (Lipinski definition) is 3. The molecule has 0 atom stereocenters. The van der Waals surface area contributed by atoms with E-state index in [2.05, 4.69) is 11.0 Å². The largest absolute Gasteiger partial charge is 0.370 e. The van der Waals surface area contributed by atoms with Crippen LogP contribution in [0.5, 0.6) is 0 Å². The molecule has 2 rings (SSSR count). The number of nitrogens with two attached hydrogens (primary N) is 1. The first-order valence-corrected chi connectivity index (χ1v) is 6.67. The summed E-state index contributed by atoms with van der Waals surface area (Å²) in [5.41, 5.74) is 7.06. The molecule has 100 valence electrons. The molecule has 0 saturated carbocycles. The maximum atomic E-state index is 10.9. The maximum absolute atomic E-state index is 10.9. The van der Waals surface area contributed by atoms with Crippen LogP contribution in [0.25, 0.3) is 0 Å². The zero-order valence-electron chi connectivity index (χ0n) is 11.0. The molecule has 2 N–H and O–H groups in total. The first-order valence-electron chi connectivity index (χ1n) is 6.67. The minimum absolute atomic E-state index is 0.201. The zero-order valence-corrected chi connectivity index (χ0v) is 11.0. The van der Waals surface area contributed by atoms with E-state index in [9.17, 15) is 4.79 Å². The van der Waals surface area contributed by atoms with E-state index in [4.69, 9.17) is 11.0 Å². The molecule has 19 heavy (non-hydrogen) atoms. The van der Waals surface area contributed by atoms with E-state index in [1.54, 1.807) is 0 Å². The summed E-state index contributed by atoms with van der Waals surface area (Å²) in [4.78, 5) is 13.2. The number of primary amides is 1. The number of benzene rings is 1. The van der Waals surface area contributed by atoms with Crippen molar-refractivity contribution in [2.75, 3.05) is 13.1 Å². The quantitative estimate of drug-likeness (QED) is 0.891. The van der Waals surface area contributed by atoms with E-state index >= 15 is 0 Å². The van der Waals surface area contributed by atoms with Crippen molar-refractivity contribution in [2.24, 2.45) is 11.7 Å². The van der Waals surface area contributed by atoms with Gasteiger partial charge in [0.25, 0.3) is 0 Å². The third kappa shape index (κ3) is 3.80. The molecule has 0 spiro atoms. The Kier molecular flexibility index (Phi) is 4.53. The molecule has 1 aromatic rings. The Morgan fingerprint density at radius 1 is 1.37 bits per heavy atom. The van der Waals surface area contributed by atoms with Gasteiger partial charge in [0.2, 0.25) is 5.91 Å². The fourth-order valence-corrected chi connectivity index (χ4v) is 2.64. The molecule has 1 aliphatic rings. The highest BCUT2D eigenvalue weighted by atomic mass is 16.1. The molecule has 1 fully saturated rings. The molecule has 4 nitrogen and oxygen atoms in total. The van der Waals surface area contributed by atoms with Gasteiger partial charge in [0.15, 0.2) is 0 Å². The number of amides is 1. The van der Waals surface area contributed by atoms with Gasteiger partial charge in [-0.3, -0.25) is 9.69 Å². The Morgan fingerprint density at radius 2 is 2.05 bits per heavy atom. The molecular weight excluding hydrogens is 238 g/mol. The summed E-state index contributed by atoms with van der Waals surface area (Å²) in [6.45, 7) is 2.75. The molecule has 1 saturated heterocycles. The van der Waals surface area contributed by atoms with E-state index in [0.717, 1.165) is 43.6 Å². The number of hydrogen-bond donors (Lipinski definition) is 1. The normalized spacial score (nSPS) is 17.0. The predicted octanol–water partition coefficient (Wildman–Crippen LogP) is 1.65. The number of carbonyl (C=O) groups excluding carboxylic acids is 1. The van der Waals surface area contributed by atoms with Crippen LogP contribution in [0.3, 0.4) is 0 Å². The van der Waals surface area contributed by atoms with Crippen molar-refractivity contribution in [3.63, 3.8) is 0 Å². The van der Waals surface area contributed by atoms with Gasteiger partial charge in [-0.05, 0) is 43.5 Å². The van der Waals surface area contributed by atoms with Gasteiger partial charge in [0.1, 0.15) is 0 Å². The van der Waals surface area contributed by atoms with Gasteiger partial charge < -0.3 is 5.73 Å². The van der Waals surface area contributed by atoms with E-state index in [1.165, 1.54) is 0 Å². The number of piperidine rings is 1. The van der Waals surface area contributed by atoms with Crippen LogP contribution >= 0.6 is 0 Å². The van der Waals surface area contributed by atoms with Gasteiger partial charge in [-0.2, -0.15) is 5.26 Å². The number of likely N-dealkylation sites (tertiary alicyclic amines) is 1. The average molecular weight is 257 g/mol. The lowest BCUT2D eigenvalue weighted by Gasteiger charge is -2.31. The van der Waals surface area contributed by atoms with Crippen LogP contribution in [-0.2, 0) is 11.3 Å².